The lowest BCUT2D eigenvalue weighted by Crippen LogP contribution is -2.61. The number of nitrogens with zero attached hydrogens (tertiary/aromatic N) is 3. The zero-order valence-electron chi connectivity index (χ0n) is 23.6. The Hall–Kier alpha value is -3.04. The number of nitrogens with one attached hydrogen (secondary N) is 1. The van der Waals surface area contributed by atoms with Crippen molar-refractivity contribution in [1.82, 2.24) is 10.3 Å². The highest BCUT2D eigenvalue weighted by Crippen LogP contribution is 2.55. The summed E-state index contributed by atoms with van der Waals surface area (Å²) in [6.07, 6.45) is 4.12. The first-order valence-electron chi connectivity index (χ1n) is 14.8. The number of carbonyl (C=O) groups is 2. The fourth-order valence-electron chi connectivity index (χ4n) is 7.93. The van der Waals surface area contributed by atoms with E-state index in [1.54, 1.807) is 19.1 Å². The highest BCUT2D eigenvalue weighted by molar-refractivity contribution is 6.32. The van der Waals surface area contributed by atoms with Gasteiger partial charge in [0.25, 0.3) is 5.91 Å². The third kappa shape index (κ3) is 5.58. The van der Waals surface area contributed by atoms with Gasteiger partial charge in [0, 0.05) is 37.4 Å². The fourth-order valence-corrected chi connectivity index (χ4v) is 8.15. The molecule has 2 heterocycles. The van der Waals surface area contributed by atoms with Crippen molar-refractivity contribution in [3.63, 3.8) is 0 Å². The van der Waals surface area contributed by atoms with Gasteiger partial charge in [-0.15, -0.1) is 0 Å². The van der Waals surface area contributed by atoms with Crippen LogP contribution >= 0.6 is 11.6 Å². The number of anilines is 2. The van der Waals surface area contributed by atoms with Crippen LogP contribution in [0.3, 0.4) is 0 Å². The zero-order chi connectivity index (χ0) is 28.9. The van der Waals surface area contributed by atoms with Gasteiger partial charge in [0.15, 0.2) is 6.10 Å². The summed E-state index contributed by atoms with van der Waals surface area (Å²) in [4.78, 5) is 33.9. The van der Waals surface area contributed by atoms with Gasteiger partial charge in [0.05, 0.1) is 10.6 Å². The van der Waals surface area contributed by atoms with Crippen molar-refractivity contribution in [3.8, 4) is 5.75 Å². The van der Waals surface area contributed by atoms with E-state index >= 15 is 0 Å². The Bertz CT molecular complexity index is 1310. The highest BCUT2D eigenvalue weighted by Gasteiger charge is 2.55. The second kappa shape index (κ2) is 11.0. The summed E-state index contributed by atoms with van der Waals surface area (Å²) in [5.74, 6) is 1.30. The standard InChI is InChI=1S/C31H39ClN4O5/c1-3-25(30(38)39)41-26-8-7-22(13-23(26)32)35-9-10-36(18(2)17-35)27-6-4-5-24(33-27)29(37)34-28-20-11-19-12-21(28)16-31(40,14-19)15-20/h4-8,13,18-21,25,28,40H,3,9-12,14-17H2,1-2H3,(H,34,37)(H,38,39). The molecule has 7 rings (SSSR count). The Balaban J connectivity index is 1.09. The lowest BCUT2D eigenvalue weighted by atomic mass is 9.52. The van der Waals surface area contributed by atoms with Crippen LogP contribution in [0.25, 0.3) is 0 Å². The number of hydrogen-bond acceptors (Lipinski definition) is 7. The van der Waals surface area contributed by atoms with Gasteiger partial charge in [0.2, 0.25) is 0 Å². The average molecular weight is 583 g/mol. The molecule has 1 aromatic heterocycles. The number of halogens is 1. The maximum atomic E-state index is 13.3. The zero-order valence-corrected chi connectivity index (χ0v) is 24.4. The van der Waals surface area contributed by atoms with Crippen LogP contribution in [-0.4, -0.2) is 70.5 Å². The van der Waals surface area contributed by atoms with Crippen LogP contribution in [0, 0.1) is 17.8 Å². The first-order valence-corrected chi connectivity index (χ1v) is 15.2. The molecule has 4 saturated carbocycles. The highest BCUT2D eigenvalue weighted by atomic mass is 35.5. The lowest BCUT2D eigenvalue weighted by molar-refractivity contribution is -0.145. The molecule has 220 valence electrons. The predicted molar refractivity (Wildman–Crippen MR) is 157 cm³/mol. The minimum absolute atomic E-state index is 0.118. The molecule has 4 aliphatic carbocycles. The maximum absolute atomic E-state index is 13.3. The third-order valence-electron chi connectivity index (χ3n) is 9.62. The molecule has 5 fully saturated rings. The van der Waals surface area contributed by atoms with Crippen molar-refractivity contribution in [2.24, 2.45) is 17.8 Å². The quantitative estimate of drug-likeness (QED) is 0.420. The number of carboxylic acids is 1. The van der Waals surface area contributed by atoms with Gasteiger partial charge in [0.1, 0.15) is 17.3 Å². The topological polar surface area (TPSA) is 115 Å². The third-order valence-corrected chi connectivity index (χ3v) is 9.92. The van der Waals surface area contributed by atoms with Crippen molar-refractivity contribution < 1.29 is 24.5 Å². The van der Waals surface area contributed by atoms with Crippen LogP contribution < -0.4 is 19.9 Å². The Morgan fingerprint density at radius 2 is 1.93 bits per heavy atom. The van der Waals surface area contributed by atoms with Gasteiger partial charge < -0.3 is 30.1 Å². The van der Waals surface area contributed by atoms with Crippen molar-refractivity contribution in [3.05, 3.63) is 47.1 Å². The molecule has 1 saturated heterocycles. The summed E-state index contributed by atoms with van der Waals surface area (Å²) >= 11 is 6.46. The second-order valence-corrected chi connectivity index (χ2v) is 12.9. The van der Waals surface area contributed by atoms with Gasteiger partial charge in [-0.1, -0.05) is 24.6 Å². The molecule has 0 spiro atoms. The first-order chi connectivity index (χ1) is 19.6. The van der Waals surface area contributed by atoms with Crippen LogP contribution in [0.1, 0.15) is 62.9 Å². The summed E-state index contributed by atoms with van der Waals surface area (Å²) in [6.45, 7) is 6.09. The Morgan fingerprint density at radius 3 is 2.56 bits per heavy atom. The maximum Gasteiger partial charge on any atom is 0.344 e. The van der Waals surface area contributed by atoms with Crippen LogP contribution in [0.2, 0.25) is 5.02 Å². The molecule has 4 unspecified atom stereocenters. The summed E-state index contributed by atoms with van der Waals surface area (Å²) in [5.41, 5.74) is 0.853. The number of amides is 1. The number of carbonyl (C=O) groups excluding carboxylic acids is 1. The number of rotatable bonds is 8. The molecular weight excluding hydrogens is 544 g/mol. The Kier molecular flexibility index (Phi) is 7.53. The Labute approximate surface area is 245 Å². The minimum Gasteiger partial charge on any atom is -0.479 e. The average Bonchev–Trinajstić information content (AvgIpc) is 2.93. The van der Waals surface area contributed by atoms with E-state index in [9.17, 15) is 19.8 Å². The number of aliphatic hydroxyl groups is 1. The lowest BCUT2D eigenvalue weighted by Gasteiger charge is -2.58. The number of aliphatic carboxylic acids is 1. The van der Waals surface area contributed by atoms with E-state index in [1.807, 2.05) is 24.3 Å². The SMILES string of the molecule is CCC(Oc1ccc(N2CCN(c3cccc(C(=O)NC4C5CC6CC4CC(O)(C6)C5)n3)C(C)C2)cc1Cl)C(=O)O. The molecule has 10 heteroatoms. The molecular formula is C31H39ClN4O5. The number of pyridine rings is 1. The molecule has 0 radical (unpaired) electrons. The van der Waals surface area contributed by atoms with Gasteiger partial charge in [-0.05, 0) is 93.5 Å². The summed E-state index contributed by atoms with van der Waals surface area (Å²) < 4.78 is 5.59. The van der Waals surface area contributed by atoms with Crippen LogP contribution in [0.15, 0.2) is 36.4 Å². The molecule has 4 atom stereocenters. The van der Waals surface area contributed by atoms with Crippen molar-refractivity contribution >= 4 is 35.0 Å². The molecule has 1 amide bonds. The molecule has 4 bridgehead atoms. The number of hydrogen-bond donors (Lipinski definition) is 3. The van der Waals surface area contributed by atoms with E-state index < -0.39 is 17.7 Å². The van der Waals surface area contributed by atoms with E-state index in [2.05, 4.69) is 22.0 Å². The largest absolute Gasteiger partial charge is 0.479 e. The number of ether oxygens (including phenoxy) is 1. The van der Waals surface area contributed by atoms with Gasteiger partial charge in [-0.3, -0.25) is 4.79 Å². The predicted octanol–water partition coefficient (Wildman–Crippen LogP) is 4.36. The molecule has 1 aliphatic heterocycles. The van der Waals surface area contributed by atoms with E-state index in [1.165, 1.54) is 0 Å². The first kappa shape index (κ1) is 28.1. The van der Waals surface area contributed by atoms with E-state index in [0.717, 1.165) is 63.2 Å². The van der Waals surface area contributed by atoms with Crippen molar-refractivity contribution in [2.75, 3.05) is 29.4 Å². The smallest absolute Gasteiger partial charge is 0.344 e. The van der Waals surface area contributed by atoms with E-state index in [-0.39, 0.29) is 18.0 Å². The van der Waals surface area contributed by atoms with Crippen molar-refractivity contribution in [2.45, 2.75) is 76.2 Å². The second-order valence-electron chi connectivity index (χ2n) is 12.5. The van der Waals surface area contributed by atoms with Gasteiger partial charge >= 0.3 is 5.97 Å². The fraction of sp³-hybridized carbons (Fsp3) is 0.581. The molecule has 2 aromatic rings. The summed E-state index contributed by atoms with van der Waals surface area (Å²) in [5, 5.41) is 23.9. The minimum atomic E-state index is -1.01. The van der Waals surface area contributed by atoms with E-state index in [4.69, 9.17) is 21.3 Å². The Morgan fingerprint density at radius 1 is 1.17 bits per heavy atom. The number of aromatic nitrogens is 1. The molecule has 3 N–H and O–H groups in total. The molecule has 41 heavy (non-hydrogen) atoms. The monoisotopic (exact) mass is 582 g/mol. The van der Waals surface area contributed by atoms with Crippen molar-refractivity contribution in [1.29, 1.82) is 0 Å². The number of piperazine rings is 1. The summed E-state index contributed by atoms with van der Waals surface area (Å²) in [6, 6.07) is 11.3. The van der Waals surface area contributed by atoms with Crippen LogP contribution in [-0.2, 0) is 4.79 Å². The normalized spacial score (nSPS) is 31.2. The number of carboxylic acid groups (broad SMARTS) is 1. The molecule has 5 aliphatic rings. The van der Waals surface area contributed by atoms with Crippen LogP contribution in [0.4, 0.5) is 11.5 Å². The summed E-state index contributed by atoms with van der Waals surface area (Å²) in [7, 11) is 0. The van der Waals surface area contributed by atoms with Gasteiger partial charge in [-0.2, -0.15) is 0 Å². The van der Waals surface area contributed by atoms with Crippen LogP contribution in [0.5, 0.6) is 5.75 Å². The van der Waals surface area contributed by atoms with E-state index in [0.29, 0.717) is 40.6 Å². The molecule has 1 aromatic carbocycles. The molecule has 9 nitrogen and oxygen atoms in total. The number of benzene rings is 1. The van der Waals surface area contributed by atoms with Gasteiger partial charge in [-0.25, -0.2) is 9.78 Å².